The van der Waals surface area contributed by atoms with E-state index < -0.39 is 16.4 Å². The molecule has 4 heterocycles. The van der Waals surface area contributed by atoms with Gasteiger partial charge in [-0.25, -0.2) is 4.39 Å². The quantitative estimate of drug-likeness (QED) is 0.575. The lowest BCUT2D eigenvalue weighted by Crippen LogP contribution is -3.11. The molecular formula is C22H31FN7O2S2+. The van der Waals surface area contributed by atoms with Gasteiger partial charge in [0.25, 0.3) is 0 Å². The number of benzene rings is 1. The molecule has 12 heteroatoms. The summed E-state index contributed by atoms with van der Waals surface area (Å²) in [7, 11) is -3.71. The number of quaternary nitrogens is 1. The summed E-state index contributed by atoms with van der Waals surface area (Å²) in [5, 5.41) is 9.64. The molecule has 0 unspecified atom stereocenters. The van der Waals surface area contributed by atoms with Gasteiger partial charge in [0.05, 0.1) is 13.1 Å². The Labute approximate surface area is 204 Å². The summed E-state index contributed by atoms with van der Waals surface area (Å²) in [4.78, 5) is 3.56. The minimum Gasteiger partial charge on any atom is -0.342 e. The lowest BCUT2D eigenvalue weighted by atomic mass is 10.1. The van der Waals surface area contributed by atoms with E-state index in [2.05, 4.69) is 24.2 Å². The molecule has 0 amide bonds. The first-order valence-corrected chi connectivity index (χ1v) is 14.5. The van der Waals surface area contributed by atoms with Crippen LogP contribution < -0.4 is 9.62 Å². The molecule has 9 nitrogen and oxygen atoms in total. The highest BCUT2D eigenvalue weighted by atomic mass is 32.2. The maximum absolute atomic E-state index is 13.6. The van der Waals surface area contributed by atoms with E-state index in [9.17, 15) is 12.8 Å². The number of hydrogen-bond acceptors (Lipinski definition) is 6. The van der Waals surface area contributed by atoms with Gasteiger partial charge in [-0.3, -0.25) is 4.57 Å². The van der Waals surface area contributed by atoms with Crippen LogP contribution in [0, 0.1) is 5.82 Å². The lowest BCUT2D eigenvalue weighted by molar-refractivity contribution is -0.919. The molecule has 0 radical (unpaired) electrons. The number of nitrogens with zero attached hydrogens (tertiary/aromatic N) is 5. The zero-order valence-electron chi connectivity index (χ0n) is 19.1. The zero-order valence-corrected chi connectivity index (χ0v) is 20.8. The minimum atomic E-state index is -3.71. The van der Waals surface area contributed by atoms with Crippen molar-refractivity contribution in [2.45, 2.75) is 62.8 Å². The van der Waals surface area contributed by atoms with E-state index in [4.69, 9.17) is 0 Å². The van der Waals surface area contributed by atoms with E-state index in [1.165, 1.54) is 48.1 Å². The first kappa shape index (κ1) is 23.7. The van der Waals surface area contributed by atoms with Crippen LogP contribution >= 0.6 is 11.8 Å². The second kappa shape index (κ2) is 10.3. The summed E-state index contributed by atoms with van der Waals surface area (Å²) in [5.41, 5.74) is 0.807. The number of amidine groups is 1. The van der Waals surface area contributed by atoms with Crippen molar-refractivity contribution in [2.75, 3.05) is 25.4 Å². The van der Waals surface area contributed by atoms with Crippen LogP contribution in [-0.4, -0.2) is 65.5 Å². The van der Waals surface area contributed by atoms with Gasteiger partial charge in [0.2, 0.25) is 0 Å². The molecule has 3 aliphatic rings. The Bertz CT molecular complexity index is 1130. The Morgan fingerprint density at radius 3 is 2.62 bits per heavy atom. The van der Waals surface area contributed by atoms with Crippen LogP contribution in [-0.2, 0) is 16.8 Å². The Hall–Kier alpha value is -2.02. The molecule has 2 saturated heterocycles. The van der Waals surface area contributed by atoms with Crippen molar-refractivity contribution in [3.05, 3.63) is 35.9 Å². The number of aromatic nitrogens is 3. The van der Waals surface area contributed by atoms with Crippen molar-refractivity contribution in [1.29, 1.82) is 0 Å². The Balaban J connectivity index is 1.39. The highest BCUT2D eigenvalue weighted by Crippen LogP contribution is 2.26. The average Bonchev–Trinajstić information content (AvgIpc) is 3.06. The third-order valence-electron chi connectivity index (χ3n) is 6.64. The molecule has 0 saturated carbocycles. The van der Waals surface area contributed by atoms with E-state index in [0.717, 1.165) is 57.0 Å². The zero-order chi connectivity index (χ0) is 23.5. The number of hydrogen-bond donors (Lipinski definition) is 2. The molecular weight excluding hydrogens is 477 g/mol. The third kappa shape index (κ3) is 5.45. The molecule has 2 fully saturated rings. The summed E-state index contributed by atoms with van der Waals surface area (Å²) in [5.74, 6) is 1.66. The second-order valence-electron chi connectivity index (χ2n) is 9.13. The van der Waals surface area contributed by atoms with Crippen molar-refractivity contribution < 1.29 is 17.7 Å². The molecule has 0 bridgehead atoms. The van der Waals surface area contributed by atoms with Crippen molar-refractivity contribution in [3.8, 4) is 5.69 Å². The molecule has 2 aromatic rings. The van der Waals surface area contributed by atoms with Gasteiger partial charge < -0.3 is 9.80 Å². The van der Waals surface area contributed by atoms with Crippen LogP contribution in [0.5, 0.6) is 0 Å². The highest BCUT2D eigenvalue weighted by molar-refractivity contribution is 7.99. The summed E-state index contributed by atoms with van der Waals surface area (Å²) >= 11 is 1.46. The number of thioether (sulfide) groups is 1. The predicted molar refractivity (Wildman–Crippen MR) is 129 cm³/mol. The summed E-state index contributed by atoms with van der Waals surface area (Å²) in [6, 6.07) is 6.36. The molecule has 5 rings (SSSR count). The SMILES string of the molecule is O=S1(=O)N=C2CCCCCN2[C@H](CSc2nnc(C[NH+]3CCCCC3)n2-c2ccc(F)cc2)N1. The molecule has 184 valence electrons. The van der Waals surface area contributed by atoms with Crippen LogP contribution in [0.4, 0.5) is 4.39 Å². The summed E-state index contributed by atoms with van der Waals surface area (Å²) in [6.45, 7) is 3.75. The van der Waals surface area contributed by atoms with Gasteiger partial charge in [-0.15, -0.1) is 14.6 Å². The number of likely N-dealkylation sites (tertiary alicyclic amines) is 1. The normalized spacial score (nSPS) is 23.3. The highest BCUT2D eigenvalue weighted by Gasteiger charge is 2.33. The maximum atomic E-state index is 13.6. The van der Waals surface area contributed by atoms with Crippen molar-refractivity contribution >= 4 is 27.8 Å². The van der Waals surface area contributed by atoms with E-state index in [0.29, 0.717) is 23.2 Å². The Morgan fingerprint density at radius 2 is 1.82 bits per heavy atom. The minimum absolute atomic E-state index is 0.293. The summed E-state index contributed by atoms with van der Waals surface area (Å²) in [6.07, 6.45) is 7.01. The molecule has 34 heavy (non-hydrogen) atoms. The lowest BCUT2D eigenvalue weighted by Gasteiger charge is -2.35. The third-order valence-corrected chi connectivity index (χ3v) is 8.67. The molecule has 2 N–H and O–H groups in total. The van der Waals surface area contributed by atoms with Crippen LogP contribution in [0.15, 0.2) is 33.8 Å². The van der Waals surface area contributed by atoms with Crippen LogP contribution in [0.3, 0.4) is 0 Å². The van der Waals surface area contributed by atoms with Crippen LogP contribution in [0.2, 0.25) is 0 Å². The summed E-state index contributed by atoms with van der Waals surface area (Å²) < 4.78 is 47.0. The molecule has 3 aliphatic heterocycles. The van der Waals surface area contributed by atoms with Gasteiger partial charge in [-0.1, -0.05) is 18.2 Å². The standard InChI is InChI=1S/C22H30FN7O2S2/c23-17-8-10-18(11-9-17)30-20(15-28-12-4-2-5-13-28)24-25-22(30)33-16-21-27-34(31,32)26-19-7-3-1-6-14-29(19)21/h8-11,21,27H,1-7,12-16H2/p+1/t21-/m1/s1. The Kier molecular flexibility index (Phi) is 7.19. The fourth-order valence-corrected chi connectivity index (χ4v) is 7.13. The fraction of sp³-hybridized carbons (Fsp3) is 0.591. The van der Waals surface area contributed by atoms with Crippen molar-refractivity contribution in [1.82, 2.24) is 24.4 Å². The van der Waals surface area contributed by atoms with E-state index in [1.807, 2.05) is 4.57 Å². The van der Waals surface area contributed by atoms with E-state index >= 15 is 0 Å². The Morgan fingerprint density at radius 1 is 1.06 bits per heavy atom. The fourth-order valence-electron chi connectivity index (χ4n) is 4.94. The topological polar surface area (TPSA) is 96.9 Å². The predicted octanol–water partition coefficient (Wildman–Crippen LogP) is 1.52. The van der Waals surface area contributed by atoms with Crippen LogP contribution in [0.1, 0.15) is 50.8 Å². The molecule has 1 aromatic heterocycles. The monoisotopic (exact) mass is 508 g/mol. The van der Waals surface area contributed by atoms with E-state index in [-0.39, 0.29) is 5.82 Å². The van der Waals surface area contributed by atoms with Gasteiger partial charge >= 0.3 is 10.2 Å². The van der Waals surface area contributed by atoms with Gasteiger partial charge in [0.1, 0.15) is 24.4 Å². The first-order chi connectivity index (χ1) is 16.5. The van der Waals surface area contributed by atoms with Gasteiger partial charge in [-0.2, -0.15) is 13.1 Å². The molecule has 0 aliphatic carbocycles. The van der Waals surface area contributed by atoms with Gasteiger partial charge in [0, 0.05) is 24.4 Å². The number of rotatable bonds is 6. The van der Waals surface area contributed by atoms with E-state index in [1.54, 1.807) is 12.1 Å². The average molecular weight is 509 g/mol. The van der Waals surface area contributed by atoms with Gasteiger partial charge in [-0.05, 0) is 56.4 Å². The first-order valence-electron chi connectivity index (χ1n) is 12.0. The second-order valence-corrected chi connectivity index (χ2v) is 11.5. The van der Waals surface area contributed by atoms with Gasteiger partial charge in [0.15, 0.2) is 11.0 Å². The number of halogens is 1. The smallest absolute Gasteiger partial charge is 0.323 e. The number of fused-ring (bicyclic) bond motifs is 1. The van der Waals surface area contributed by atoms with Crippen LogP contribution in [0.25, 0.3) is 5.69 Å². The molecule has 1 atom stereocenters. The number of nitrogens with one attached hydrogen (secondary N) is 2. The maximum Gasteiger partial charge on any atom is 0.323 e. The van der Waals surface area contributed by atoms with Crippen molar-refractivity contribution in [2.24, 2.45) is 4.40 Å². The molecule has 1 aromatic carbocycles. The van der Waals surface area contributed by atoms with Crippen molar-refractivity contribution in [3.63, 3.8) is 0 Å². The number of piperidine rings is 1. The molecule has 0 spiro atoms. The largest absolute Gasteiger partial charge is 0.342 e.